The molecule has 0 bridgehead atoms. The van der Waals surface area contributed by atoms with Crippen LogP contribution in [-0.2, 0) is 11.3 Å². The van der Waals surface area contributed by atoms with Gasteiger partial charge in [0.05, 0.1) is 0 Å². The van der Waals surface area contributed by atoms with Crippen LogP contribution in [0.4, 0.5) is 8.78 Å². The minimum absolute atomic E-state index is 0.114. The fraction of sp³-hybridized carbons (Fsp3) is 0.211. The Labute approximate surface area is 154 Å². The van der Waals surface area contributed by atoms with E-state index in [4.69, 9.17) is 4.74 Å². The third-order valence-electron chi connectivity index (χ3n) is 4.07. The predicted octanol–water partition coefficient (Wildman–Crippen LogP) is 3.53. The Morgan fingerprint density at radius 2 is 2.04 bits per heavy atom. The first-order valence-electron chi connectivity index (χ1n) is 8.29. The number of amides is 1. The smallest absolute Gasteiger partial charge is 0.243 e. The number of rotatable bonds is 6. The average molecular weight is 372 g/mol. The first-order valence-corrected chi connectivity index (χ1v) is 8.29. The number of halogens is 2. The summed E-state index contributed by atoms with van der Waals surface area (Å²) >= 11 is 0. The Morgan fingerprint density at radius 1 is 1.22 bits per heavy atom. The lowest BCUT2D eigenvalue weighted by molar-refractivity contribution is -0.124. The molecule has 1 amide bonds. The molecule has 0 radical (unpaired) electrons. The molecule has 140 valence electrons. The highest BCUT2D eigenvalue weighted by atomic mass is 19.2. The first kappa shape index (κ1) is 18.5. The first-order chi connectivity index (χ1) is 13.0. The van der Waals surface area contributed by atoms with E-state index in [1.54, 1.807) is 36.0 Å². The number of nitrogens with zero attached hydrogens (tertiary/aromatic N) is 3. The summed E-state index contributed by atoms with van der Waals surface area (Å²) in [5.41, 5.74) is 0.602. The standard InChI is InChI=1S/C19H18F2N4O2/c1-12(25-9-8-22-13(25)2)18(26)24-11-14-4-3-7-23-19(14)27-15-5-6-16(20)17(21)10-15/h3-10,12H,11H2,1-2H3,(H,24,26)/t12-/m0/s1. The summed E-state index contributed by atoms with van der Waals surface area (Å²) in [6, 6.07) is 6.22. The van der Waals surface area contributed by atoms with Crippen LogP contribution in [0.25, 0.3) is 0 Å². The summed E-state index contributed by atoms with van der Waals surface area (Å²) in [7, 11) is 0. The number of hydrogen-bond donors (Lipinski definition) is 1. The highest BCUT2D eigenvalue weighted by molar-refractivity contribution is 5.80. The molecule has 1 atom stereocenters. The topological polar surface area (TPSA) is 69.0 Å². The number of benzene rings is 1. The fourth-order valence-electron chi connectivity index (χ4n) is 2.56. The maximum Gasteiger partial charge on any atom is 0.243 e. The van der Waals surface area contributed by atoms with Crippen LogP contribution in [0.2, 0.25) is 0 Å². The van der Waals surface area contributed by atoms with Gasteiger partial charge in [-0.05, 0) is 32.0 Å². The van der Waals surface area contributed by atoms with Gasteiger partial charge in [-0.1, -0.05) is 6.07 Å². The normalized spacial score (nSPS) is 11.9. The van der Waals surface area contributed by atoms with E-state index in [-0.39, 0.29) is 24.1 Å². The van der Waals surface area contributed by atoms with E-state index in [2.05, 4.69) is 15.3 Å². The molecule has 0 aliphatic heterocycles. The number of hydrogen-bond acceptors (Lipinski definition) is 4. The molecule has 8 heteroatoms. The number of carbonyl (C=O) groups excluding carboxylic acids is 1. The van der Waals surface area contributed by atoms with Gasteiger partial charge in [-0.15, -0.1) is 0 Å². The van der Waals surface area contributed by atoms with Gasteiger partial charge in [-0.3, -0.25) is 4.79 Å². The second-order valence-electron chi connectivity index (χ2n) is 5.92. The molecule has 1 N–H and O–H groups in total. The van der Waals surface area contributed by atoms with Crippen LogP contribution < -0.4 is 10.1 Å². The number of nitrogens with one attached hydrogen (secondary N) is 1. The van der Waals surface area contributed by atoms with E-state index in [1.807, 2.05) is 6.92 Å². The predicted molar refractivity (Wildman–Crippen MR) is 94.2 cm³/mol. The molecule has 2 aromatic heterocycles. The summed E-state index contributed by atoms with van der Waals surface area (Å²) in [6.45, 7) is 3.76. The SMILES string of the molecule is Cc1nccn1[C@@H](C)C(=O)NCc1cccnc1Oc1ccc(F)c(F)c1. The summed E-state index contributed by atoms with van der Waals surface area (Å²) in [5, 5.41) is 2.82. The van der Waals surface area contributed by atoms with E-state index in [9.17, 15) is 13.6 Å². The molecule has 3 aromatic rings. The van der Waals surface area contributed by atoms with Crippen LogP contribution in [0, 0.1) is 18.6 Å². The molecular weight excluding hydrogens is 354 g/mol. The number of ether oxygens (including phenoxy) is 1. The van der Waals surface area contributed by atoms with Crippen molar-refractivity contribution in [2.75, 3.05) is 0 Å². The molecule has 2 heterocycles. The van der Waals surface area contributed by atoms with Gasteiger partial charge < -0.3 is 14.6 Å². The molecule has 1 aromatic carbocycles. The summed E-state index contributed by atoms with van der Waals surface area (Å²) < 4.78 is 33.7. The summed E-state index contributed by atoms with van der Waals surface area (Å²) in [4.78, 5) is 20.6. The zero-order valence-corrected chi connectivity index (χ0v) is 14.8. The van der Waals surface area contributed by atoms with Crippen LogP contribution in [-0.4, -0.2) is 20.4 Å². The number of pyridine rings is 1. The Bertz CT molecular complexity index is 958. The molecule has 0 saturated carbocycles. The second kappa shape index (κ2) is 7.94. The third kappa shape index (κ3) is 4.28. The van der Waals surface area contributed by atoms with Gasteiger partial charge >= 0.3 is 0 Å². The molecule has 0 aliphatic rings. The Balaban J connectivity index is 1.69. The van der Waals surface area contributed by atoms with Crippen LogP contribution in [0.5, 0.6) is 11.6 Å². The quantitative estimate of drug-likeness (QED) is 0.719. The van der Waals surface area contributed by atoms with Gasteiger partial charge in [-0.25, -0.2) is 18.7 Å². The molecule has 3 rings (SSSR count). The van der Waals surface area contributed by atoms with Crippen molar-refractivity contribution in [3.8, 4) is 11.6 Å². The number of imidazole rings is 1. The van der Waals surface area contributed by atoms with Gasteiger partial charge in [0.25, 0.3) is 0 Å². The lowest BCUT2D eigenvalue weighted by Crippen LogP contribution is -2.31. The van der Waals surface area contributed by atoms with Gasteiger partial charge in [-0.2, -0.15) is 0 Å². The molecule has 0 spiro atoms. The van der Waals surface area contributed by atoms with E-state index in [1.165, 1.54) is 12.3 Å². The molecule has 0 fully saturated rings. The molecule has 0 unspecified atom stereocenters. The molecular formula is C19H18F2N4O2. The van der Waals surface area contributed by atoms with Crippen LogP contribution in [0.15, 0.2) is 48.9 Å². The van der Waals surface area contributed by atoms with Crippen molar-refractivity contribution in [1.29, 1.82) is 0 Å². The third-order valence-corrected chi connectivity index (χ3v) is 4.07. The molecule has 0 aliphatic carbocycles. The fourth-order valence-corrected chi connectivity index (χ4v) is 2.56. The maximum atomic E-state index is 13.4. The van der Waals surface area contributed by atoms with Gasteiger partial charge in [0.15, 0.2) is 11.6 Å². The maximum absolute atomic E-state index is 13.4. The molecule has 27 heavy (non-hydrogen) atoms. The van der Waals surface area contributed by atoms with Crippen molar-refractivity contribution in [2.45, 2.75) is 26.4 Å². The second-order valence-corrected chi connectivity index (χ2v) is 5.92. The Morgan fingerprint density at radius 3 is 2.74 bits per heavy atom. The van der Waals surface area contributed by atoms with Crippen molar-refractivity contribution >= 4 is 5.91 Å². The highest BCUT2D eigenvalue weighted by Gasteiger charge is 2.17. The summed E-state index contributed by atoms with van der Waals surface area (Å²) in [5.74, 6) is -1.11. The zero-order valence-electron chi connectivity index (χ0n) is 14.8. The van der Waals surface area contributed by atoms with Crippen LogP contribution in [0.1, 0.15) is 24.4 Å². The lowest BCUT2D eigenvalue weighted by Gasteiger charge is -2.16. The van der Waals surface area contributed by atoms with E-state index in [0.29, 0.717) is 5.56 Å². The number of carbonyl (C=O) groups is 1. The van der Waals surface area contributed by atoms with Crippen molar-refractivity contribution < 1.29 is 18.3 Å². The van der Waals surface area contributed by atoms with Crippen molar-refractivity contribution in [2.24, 2.45) is 0 Å². The van der Waals surface area contributed by atoms with Crippen LogP contribution in [0.3, 0.4) is 0 Å². The number of aromatic nitrogens is 3. The lowest BCUT2D eigenvalue weighted by atomic mass is 10.2. The Hall–Kier alpha value is -3.29. The zero-order chi connectivity index (χ0) is 19.4. The Kier molecular flexibility index (Phi) is 5.44. The van der Waals surface area contributed by atoms with E-state index >= 15 is 0 Å². The molecule has 0 saturated heterocycles. The number of aryl methyl sites for hydroxylation is 1. The van der Waals surface area contributed by atoms with Gasteiger partial charge in [0.1, 0.15) is 17.6 Å². The largest absolute Gasteiger partial charge is 0.439 e. The van der Waals surface area contributed by atoms with Crippen LogP contribution >= 0.6 is 0 Å². The average Bonchev–Trinajstić information content (AvgIpc) is 3.09. The summed E-state index contributed by atoms with van der Waals surface area (Å²) in [6.07, 6.45) is 4.88. The minimum Gasteiger partial charge on any atom is -0.439 e. The highest BCUT2D eigenvalue weighted by Crippen LogP contribution is 2.24. The van der Waals surface area contributed by atoms with Crippen molar-refractivity contribution in [3.05, 3.63) is 71.9 Å². The van der Waals surface area contributed by atoms with Crippen molar-refractivity contribution in [1.82, 2.24) is 19.9 Å². The van der Waals surface area contributed by atoms with Gasteiger partial charge in [0.2, 0.25) is 11.8 Å². The van der Waals surface area contributed by atoms with E-state index in [0.717, 1.165) is 18.0 Å². The molecule has 6 nitrogen and oxygen atoms in total. The monoisotopic (exact) mass is 372 g/mol. The minimum atomic E-state index is -1.01. The van der Waals surface area contributed by atoms with E-state index < -0.39 is 17.7 Å². The van der Waals surface area contributed by atoms with Gasteiger partial charge in [0, 0.05) is 36.8 Å². The van der Waals surface area contributed by atoms with Crippen molar-refractivity contribution in [3.63, 3.8) is 0 Å².